The first-order valence-electron chi connectivity index (χ1n) is 6.28. The van der Waals surface area contributed by atoms with Crippen molar-refractivity contribution in [3.05, 3.63) is 58.2 Å². The summed E-state index contributed by atoms with van der Waals surface area (Å²) in [6, 6.07) is 11.0. The number of rotatable bonds is 2. The molecule has 0 spiro atoms. The molecule has 0 radical (unpaired) electrons. The zero-order valence-corrected chi connectivity index (χ0v) is 11.1. The Morgan fingerprint density at radius 2 is 2.00 bits per heavy atom. The van der Waals surface area contributed by atoms with Gasteiger partial charge in [0.2, 0.25) is 0 Å². The second-order valence-corrected chi connectivity index (χ2v) is 5.02. The van der Waals surface area contributed by atoms with E-state index in [-0.39, 0.29) is 5.91 Å². The molecule has 3 rings (SSSR count). The van der Waals surface area contributed by atoms with E-state index in [0.717, 1.165) is 12.8 Å². The molecule has 1 aliphatic carbocycles. The molecule has 0 fully saturated rings. The highest BCUT2D eigenvalue weighted by atomic mass is 35.5. The van der Waals surface area contributed by atoms with Crippen LogP contribution >= 0.6 is 11.6 Å². The lowest BCUT2D eigenvalue weighted by Crippen LogP contribution is -2.13. The van der Waals surface area contributed by atoms with E-state index in [1.165, 1.54) is 17.5 Å². The van der Waals surface area contributed by atoms with E-state index in [0.29, 0.717) is 16.5 Å². The van der Waals surface area contributed by atoms with Gasteiger partial charge in [-0.15, -0.1) is 0 Å². The minimum Gasteiger partial charge on any atom is -0.307 e. The van der Waals surface area contributed by atoms with Crippen molar-refractivity contribution in [2.24, 2.45) is 0 Å². The summed E-state index contributed by atoms with van der Waals surface area (Å²) in [5.41, 5.74) is 3.31. The zero-order valence-electron chi connectivity index (χ0n) is 10.3. The fourth-order valence-electron chi connectivity index (χ4n) is 2.38. The molecule has 96 valence electrons. The Morgan fingerprint density at radius 1 is 1.16 bits per heavy atom. The van der Waals surface area contributed by atoms with Gasteiger partial charge in [0.25, 0.3) is 5.91 Å². The number of carbonyl (C=O) groups excluding carboxylic acids is 1. The molecule has 0 aliphatic heterocycles. The second-order valence-electron chi connectivity index (χ2n) is 4.64. The number of nitrogens with one attached hydrogen (secondary N) is 1. The van der Waals surface area contributed by atoms with Crippen LogP contribution in [0.25, 0.3) is 0 Å². The zero-order chi connectivity index (χ0) is 13.2. The van der Waals surface area contributed by atoms with E-state index < -0.39 is 0 Å². The van der Waals surface area contributed by atoms with Crippen LogP contribution in [0.3, 0.4) is 0 Å². The lowest BCUT2D eigenvalue weighted by molar-refractivity contribution is 0.102. The van der Waals surface area contributed by atoms with Gasteiger partial charge in [-0.1, -0.05) is 23.7 Å². The van der Waals surface area contributed by atoms with Gasteiger partial charge in [0.15, 0.2) is 0 Å². The van der Waals surface area contributed by atoms with E-state index in [1.54, 1.807) is 18.2 Å². The summed E-state index contributed by atoms with van der Waals surface area (Å²) in [5, 5.41) is 3.12. The van der Waals surface area contributed by atoms with Crippen molar-refractivity contribution in [1.82, 2.24) is 4.98 Å². The molecule has 19 heavy (non-hydrogen) atoms. The predicted molar refractivity (Wildman–Crippen MR) is 75.7 cm³/mol. The van der Waals surface area contributed by atoms with E-state index >= 15 is 0 Å². The number of nitrogens with zero attached hydrogens (tertiary/aromatic N) is 1. The van der Waals surface area contributed by atoms with Crippen molar-refractivity contribution in [2.45, 2.75) is 19.3 Å². The molecule has 1 N–H and O–H groups in total. The van der Waals surface area contributed by atoms with E-state index in [9.17, 15) is 4.79 Å². The number of aromatic nitrogens is 1. The number of fused-ring (bicyclic) bond motifs is 1. The Bertz CT molecular complexity index is 640. The molecular weight excluding hydrogens is 260 g/mol. The van der Waals surface area contributed by atoms with Gasteiger partial charge in [0.1, 0.15) is 11.0 Å². The number of hydrogen-bond acceptors (Lipinski definition) is 2. The summed E-state index contributed by atoms with van der Waals surface area (Å²) in [5.74, 6) is 0.322. The van der Waals surface area contributed by atoms with Crippen molar-refractivity contribution in [2.75, 3.05) is 5.32 Å². The van der Waals surface area contributed by atoms with E-state index in [1.807, 2.05) is 18.2 Å². The standard InChI is InChI=1S/C15H13ClN2O/c16-13-5-2-6-14(17-13)18-15(19)12-8-7-10-3-1-4-11(10)9-12/h2,5-9H,1,3-4H2,(H,17,18,19). The fourth-order valence-corrected chi connectivity index (χ4v) is 2.54. The average Bonchev–Trinajstić information content (AvgIpc) is 2.85. The molecule has 1 heterocycles. The Morgan fingerprint density at radius 3 is 2.84 bits per heavy atom. The maximum Gasteiger partial charge on any atom is 0.256 e. The van der Waals surface area contributed by atoms with E-state index in [2.05, 4.69) is 10.3 Å². The molecule has 1 aromatic carbocycles. The number of carbonyl (C=O) groups is 1. The summed E-state index contributed by atoms with van der Waals surface area (Å²) in [7, 11) is 0. The molecule has 1 aromatic heterocycles. The van der Waals surface area contributed by atoms with Gasteiger partial charge in [0, 0.05) is 5.56 Å². The summed E-state index contributed by atoms with van der Waals surface area (Å²) in [6.07, 6.45) is 3.36. The Hall–Kier alpha value is -1.87. The molecule has 1 amide bonds. The maximum absolute atomic E-state index is 12.1. The van der Waals surface area contributed by atoms with Crippen molar-refractivity contribution in [3.8, 4) is 0 Å². The van der Waals surface area contributed by atoms with Crippen LogP contribution in [0.5, 0.6) is 0 Å². The van der Waals surface area contributed by atoms with Crippen LogP contribution in [0, 0.1) is 0 Å². The molecule has 2 aromatic rings. The van der Waals surface area contributed by atoms with Crippen molar-refractivity contribution >= 4 is 23.3 Å². The third-order valence-corrected chi connectivity index (χ3v) is 3.53. The quantitative estimate of drug-likeness (QED) is 0.851. The normalized spacial score (nSPS) is 13.1. The van der Waals surface area contributed by atoms with Crippen LogP contribution < -0.4 is 5.32 Å². The van der Waals surface area contributed by atoms with Crippen LogP contribution in [0.15, 0.2) is 36.4 Å². The van der Waals surface area contributed by atoms with E-state index in [4.69, 9.17) is 11.6 Å². The molecule has 0 unspecified atom stereocenters. The number of halogens is 1. The number of pyridine rings is 1. The summed E-state index contributed by atoms with van der Waals surface area (Å²) < 4.78 is 0. The first-order chi connectivity index (χ1) is 9.22. The van der Waals surface area contributed by atoms with Crippen LogP contribution in [-0.2, 0) is 12.8 Å². The minimum absolute atomic E-state index is 0.149. The fraction of sp³-hybridized carbons (Fsp3) is 0.200. The first-order valence-corrected chi connectivity index (χ1v) is 6.66. The van der Waals surface area contributed by atoms with Gasteiger partial charge in [-0.05, 0) is 54.7 Å². The molecule has 4 heteroatoms. The second kappa shape index (κ2) is 5.02. The number of benzene rings is 1. The van der Waals surface area contributed by atoms with Crippen molar-refractivity contribution in [3.63, 3.8) is 0 Å². The molecular formula is C15H13ClN2O. The highest BCUT2D eigenvalue weighted by Crippen LogP contribution is 2.23. The van der Waals surface area contributed by atoms with Crippen LogP contribution in [0.1, 0.15) is 27.9 Å². The predicted octanol–water partition coefficient (Wildman–Crippen LogP) is 3.48. The van der Waals surface area contributed by atoms with Gasteiger partial charge in [0.05, 0.1) is 0 Å². The van der Waals surface area contributed by atoms with Gasteiger partial charge in [-0.3, -0.25) is 4.79 Å². The molecule has 1 aliphatic rings. The molecule has 0 bridgehead atoms. The summed E-state index contributed by atoms with van der Waals surface area (Å²) >= 11 is 5.79. The third kappa shape index (κ3) is 2.61. The van der Waals surface area contributed by atoms with Gasteiger partial charge >= 0.3 is 0 Å². The number of amides is 1. The highest BCUT2D eigenvalue weighted by Gasteiger charge is 2.14. The van der Waals surface area contributed by atoms with Gasteiger partial charge in [-0.2, -0.15) is 0 Å². The van der Waals surface area contributed by atoms with Crippen LogP contribution in [0.2, 0.25) is 5.15 Å². The van der Waals surface area contributed by atoms with Crippen molar-refractivity contribution in [1.29, 1.82) is 0 Å². The SMILES string of the molecule is O=C(Nc1cccc(Cl)n1)c1ccc2c(c1)CCC2. The maximum atomic E-state index is 12.1. The van der Waals surface area contributed by atoms with Gasteiger partial charge in [-0.25, -0.2) is 4.98 Å². The van der Waals surface area contributed by atoms with Crippen LogP contribution in [-0.4, -0.2) is 10.9 Å². The molecule has 0 saturated heterocycles. The Kier molecular flexibility index (Phi) is 3.22. The largest absolute Gasteiger partial charge is 0.307 e. The third-order valence-electron chi connectivity index (χ3n) is 3.32. The number of anilines is 1. The topological polar surface area (TPSA) is 42.0 Å². The van der Waals surface area contributed by atoms with Gasteiger partial charge < -0.3 is 5.32 Å². The molecule has 0 atom stereocenters. The smallest absolute Gasteiger partial charge is 0.256 e. The van der Waals surface area contributed by atoms with Crippen molar-refractivity contribution < 1.29 is 4.79 Å². The first kappa shape index (κ1) is 12.2. The summed E-state index contributed by atoms with van der Waals surface area (Å²) in [6.45, 7) is 0. The van der Waals surface area contributed by atoms with Crippen LogP contribution in [0.4, 0.5) is 5.82 Å². The number of hydrogen-bond donors (Lipinski definition) is 1. The lowest BCUT2D eigenvalue weighted by atomic mass is 10.1. The monoisotopic (exact) mass is 272 g/mol. The Labute approximate surface area is 116 Å². The summed E-state index contributed by atoms with van der Waals surface area (Å²) in [4.78, 5) is 16.2. The Balaban J connectivity index is 1.81. The minimum atomic E-state index is -0.149. The average molecular weight is 273 g/mol. The number of aryl methyl sites for hydroxylation is 2. The highest BCUT2D eigenvalue weighted by molar-refractivity contribution is 6.29. The lowest BCUT2D eigenvalue weighted by Gasteiger charge is -2.06. The molecule has 0 saturated carbocycles. The molecule has 3 nitrogen and oxygen atoms in total.